The molecule has 0 radical (unpaired) electrons. The van der Waals surface area contributed by atoms with Gasteiger partial charge in [0.1, 0.15) is 17.7 Å². The van der Waals surface area contributed by atoms with E-state index < -0.39 is 6.10 Å². The zero-order chi connectivity index (χ0) is 25.2. The number of piperazine rings is 1. The molecule has 1 saturated carbocycles. The summed E-state index contributed by atoms with van der Waals surface area (Å²) < 4.78 is 20.8. The summed E-state index contributed by atoms with van der Waals surface area (Å²) in [6.45, 7) is 11.9. The van der Waals surface area contributed by atoms with Crippen molar-refractivity contribution in [2.45, 2.75) is 51.3 Å². The van der Waals surface area contributed by atoms with Gasteiger partial charge in [-0.3, -0.25) is 14.5 Å². The van der Waals surface area contributed by atoms with E-state index in [-0.39, 0.29) is 29.2 Å². The van der Waals surface area contributed by atoms with Crippen LogP contribution in [0, 0.1) is 12.7 Å². The molecule has 7 heteroatoms. The lowest BCUT2D eigenvalue weighted by molar-refractivity contribution is -0.130. The smallest absolute Gasteiger partial charge is 0.251 e. The van der Waals surface area contributed by atoms with Crippen molar-refractivity contribution < 1.29 is 18.7 Å². The van der Waals surface area contributed by atoms with Crippen molar-refractivity contribution in [3.8, 4) is 5.75 Å². The molecule has 2 amide bonds. The van der Waals surface area contributed by atoms with Crippen LogP contribution < -0.4 is 10.1 Å². The molecule has 35 heavy (non-hydrogen) atoms. The van der Waals surface area contributed by atoms with Crippen molar-refractivity contribution in [1.82, 2.24) is 15.1 Å². The minimum absolute atomic E-state index is 0.0378. The predicted octanol–water partition coefficient (Wildman–Crippen LogP) is 4.26. The van der Waals surface area contributed by atoms with Gasteiger partial charge in [0.25, 0.3) is 5.91 Å². The van der Waals surface area contributed by atoms with E-state index in [2.05, 4.69) is 16.8 Å². The van der Waals surface area contributed by atoms with Crippen LogP contribution in [0.25, 0.3) is 0 Å². The molecule has 0 bridgehead atoms. The quantitative estimate of drug-likeness (QED) is 0.575. The number of aryl methyl sites for hydroxylation is 1. The molecule has 0 spiro atoms. The SMILES string of the molecule is C=CC(=O)N1CCN(C[C@@H](Oc2ccc(C(=O)NC3(C)CC3)cc2)c2ccc(C)c(F)c2)C[C@H]1C. The Morgan fingerprint density at radius 1 is 1.23 bits per heavy atom. The Morgan fingerprint density at radius 3 is 2.54 bits per heavy atom. The summed E-state index contributed by atoms with van der Waals surface area (Å²) in [6.07, 6.45) is 2.94. The third kappa shape index (κ3) is 6.09. The van der Waals surface area contributed by atoms with Crippen LogP contribution in [0.2, 0.25) is 0 Å². The first kappa shape index (κ1) is 24.9. The standard InChI is InChI=1S/C28H34FN3O3/c1-5-26(33)32-15-14-31(17-20(32)3)18-25(22-7-6-19(2)24(29)16-22)35-23-10-8-21(9-11-23)27(34)30-28(4)12-13-28/h5-11,16,20,25H,1,12-15,17-18H2,2-4H3,(H,30,34)/t20-,25-/m1/s1. The Hall–Kier alpha value is -3.19. The average molecular weight is 480 g/mol. The lowest BCUT2D eigenvalue weighted by Gasteiger charge is -2.40. The van der Waals surface area contributed by atoms with Gasteiger partial charge >= 0.3 is 0 Å². The molecule has 6 nitrogen and oxygen atoms in total. The molecule has 1 saturated heterocycles. The molecule has 1 aliphatic heterocycles. The Labute approximate surface area is 206 Å². The van der Waals surface area contributed by atoms with Gasteiger partial charge in [0.2, 0.25) is 5.91 Å². The highest BCUT2D eigenvalue weighted by Crippen LogP contribution is 2.34. The molecule has 1 N–H and O–H groups in total. The lowest BCUT2D eigenvalue weighted by atomic mass is 10.0. The van der Waals surface area contributed by atoms with E-state index in [0.29, 0.717) is 43.1 Å². The number of hydrogen-bond acceptors (Lipinski definition) is 4. The molecule has 4 rings (SSSR count). The second kappa shape index (κ2) is 10.2. The first-order valence-electron chi connectivity index (χ1n) is 12.2. The summed E-state index contributed by atoms with van der Waals surface area (Å²) in [5.74, 6) is 0.185. The Balaban J connectivity index is 1.48. The van der Waals surface area contributed by atoms with Gasteiger partial charge in [-0.1, -0.05) is 18.7 Å². The fourth-order valence-electron chi connectivity index (χ4n) is 4.41. The normalized spacial score (nSPS) is 20.1. The first-order valence-corrected chi connectivity index (χ1v) is 12.2. The molecule has 0 aromatic heterocycles. The summed E-state index contributed by atoms with van der Waals surface area (Å²) in [5.41, 5.74) is 1.83. The van der Waals surface area contributed by atoms with Gasteiger partial charge in [-0.15, -0.1) is 0 Å². The molecule has 2 aromatic rings. The zero-order valence-electron chi connectivity index (χ0n) is 20.7. The highest BCUT2D eigenvalue weighted by molar-refractivity contribution is 5.95. The van der Waals surface area contributed by atoms with Gasteiger partial charge in [-0.2, -0.15) is 0 Å². The number of hydrogen-bond donors (Lipinski definition) is 1. The van der Waals surface area contributed by atoms with Crippen LogP contribution >= 0.6 is 0 Å². The topological polar surface area (TPSA) is 61.9 Å². The maximum Gasteiger partial charge on any atom is 0.251 e. The minimum Gasteiger partial charge on any atom is -0.484 e. The Bertz CT molecular complexity index is 1100. The summed E-state index contributed by atoms with van der Waals surface area (Å²) in [7, 11) is 0. The monoisotopic (exact) mass is 479 g/mol. The van der Waals surface area contributed by atoms with Crippen molar-refractivity contribution in [2.24, 2.45) is 0 Å². The van der Waals surface area contributed by atoms with Crippen molar-refractivity contribution in [2.75, 3.05) is 26.2 Å². The lowest BCUT2D eigenvalue weighted by Crippen LogP contribution is -2.54. The average Bonchev–Trinajstić information content (AvgIpc) is 3.56. The highest BCUT2D eigenvalue weighted by atomic mass is 19.1. The number of nitrogens with one attached hydrogen (secondary N) is 1. The van der Waals surface area contributed by atoms with Gasteiger partial charge in [-0.25, -0.2) is 4.39 Å². The van der Waals surface area contributed by atoms with Crippen molar-refractivity contribution in [3.05, 3.63) is 77.6 Å². The molecular formula is C28H34FN3O3. The largest absolute Gasteiger partial charge is 0.484 e. The van der Waals surface area contributed by atoms with E-state index in [1.165, 1.54) is 12.1 Å². The first-order chi connectivity index (χ1) is 16.7. The van der Waals surface area contributed by atoms with E-state index >= 15 is 0 Å². The van der Waals surface area contributed by atoms with Crippen molar-refractivity contribution >= 4 is 11.8 Å². The number of benzene rings is 2. The minimum atomic E-state index is -0.413. The molecule has 1 aliphatic carbocycles. The number of carbonyl (C=O) groups excluding carboxylic acids is 2. The van der Waals surface area contributed by atoms with Gasteiger partial charge < -0.3 is 15.0 Å². The van der Waals surface area contributed by atoms with Gasteiger partial charge in [0, 0.05) is 43.3 Å². The zero-order valence-corrected chi connectivity index (χ0v) is 20.7. The molecule has 2 fully saturated rings. The van der Waals surface area contributed by atoms with Crippen molar-refractivity contribution in [3.63, 3.8) is 0 Å². The number of halogens is 1. The van der Waals surface area contributed by atoms with E-state index in [9.17, 15) is 14.0 Å². The van der Waals surface area contributed by atoms with Crippen LogP contribution in [0.15, 0.2) is 55.1 Å². The fraction of sp³-hybridized carbons (Fsp3) is 0.429. The van der Waals surface area contributed by atoms with E-state index in [0.717, 1.165) is 18.4 Å². The molecule has 2 aromatic carbocycles. The third-order valence-electron chi connectivity index (χ3n) is 6.97. The molecule has 0 unspecified atom stereocenters. The second-order valence-electron chi connectivity index (χ2n) is 10.00. The molecule has 2 atom stereocenters. The third-order valence-corrected chi connectivity index (χ3v) is 6.97. The number of amides is 2. The highest BCUT2D eigenvalue weighted by Gasteiger charge is 2.38. The van der Waals surface area contributed by atoms with Crippen LogP contribution in [0.1, 0.15) is 54.3 Å². The van der Waals surface area contributed by atoms with Gasteiger partial charge in [0.15, 0.2) is 0 Å². The van der Waals surface area contributed by atoms with Crippen LogP contribution in [-0.2, 0) is 4.79 Å². The Morgan fingerprint density at radius 2 is 1.94 bits per heavy atom. The van der Waals surface area contributed by atoms with Gasteiger partial charge in [-0.05, 0) is 81.1 Å². The Kier molecular flexibility index (Phi) is 7.26. The summed E-state index contributed by atoms with van der Waals surface area (Å²) in [4.78, 5) is 28.6. The molecule has 186 valence electrons. The molecule has 2 aliphatic rings. The van der Waals surface area contributed by atoms with Crippen LogP contribution in [-0.4, -0.2) is 59.4 Å². The van der Waals surface area contributed by atoms with Crippen LogP contribution in [0.4, 0.5) is 4.39 Å². The number of nitrogens with zero attached hydrogens (tertiary/aromatic N) is 2. The number of ether oxygens (including phenoxy) is 1. The molecule has 1 heterocycles. The van der Waals surface area contributed by atoms with E-state index in [1.807, 2.05) is 24.8 Å². The van der Waals surface area contributed by atoms with E-state index in [4.69, 9.17) is 4.74 Å². The number of carbonyl (C=O) groups is 2. The fourth-order valence-corrected chi connectivity index (χ4v) is 4.41. The van der Waals surface area contributed by atoms with E-state index in [1.54, 1.807) is 37.3 Å². The summed E-state index contributed by atoms with van der Waals surface area (Å²) >= 11 is 0. The van der Waals surface area contributed by atoms with Crippen LogP contribution in [0.5, 0.6) is 5.75 Å². The molecular weight excluding hydrogens is 445 g/mol. The number of rotatable bonds is 8. The van der Waals surface area contributed by atoms with Crippen LogP contribution in [0.3, 0.4) is 0 Å². The predicted molar refractivity (Wildman–Crippen MR) is 134 cm³/mol. The second-order valence-corrected chi connectivity index (χ2v) is 10.00. The van der Waals surface area contributed by atoms with Crippen molar-refractivity contribution in [1.29, 1.82) is 0 Å². The summed E-state index contributed by atoms with van der Waals surface area (Å²) in [6, 6.07) is 12.3. The maximum atomic E-state index is 14.4. The summed E-state index contributed by atoms with van der Waals surface area (Å²) in [5, 5.41) is 3.06. The van der Waals surface area contributed by atoms with Gasteiger partial charge in [0.05, 0.1) is 0 Å². The maximum absolute atomic E-state index is 14.4.